The third-order valence-electron chi connectivity index (χ3n) is 2.35. The van der Waals surface area contributed by atoms with Crippen molar-refractivity contribution in [3.8, 4) is 0 Å². The summed E-state index contributed by atoms with van der Waals surface area (Å²) >= 11 is 7.68. The van der Waals surface area contributed by atoms with Crippen molar-refractivity contribution in [1.29, 1.82) is 0 Å². The molecule has 0 radical (unpaired) electrons. The Bertz CT molecular complexity index is 105. The molecule has 0 saturated carbocycles. The minimum atomic E-state index is 0.784. The van der Waals surface area contributed by atoms with E-state index in [9.17, 15) is 0 Å². The van der Waals surface area contributed by atoms with Gasteiger partial charge in [0.05, 0.1) is 0 Å². The lowest BCUT2D eigenvalue weighted by atomic mass is 10.0. The first-order valence-electron chi connectivity index (χ1n) is 5.60. The standard InChI is InChI=1S/C11H24ClNS/c1-3-5-11(6-7-12)10-13-8-4-9-14-2/h11,13H,3-10H2,1-2H3. The van der Waals surface area contributed by atoms with Crippen LogP contribution in [0.1, 0.15) is 32.6 Å². The number of hydrogen-bond donors (Lipinski definition) is 1. The maximum atomic E-state index is 5.76. The van der Waals surface area contributed by atoms with Crippen LogP contribution in [0.3, 0.4) is 0 Å². The summed E-state index contributed by atoms with van der Waals surface area (Å²) in [6.07, 6.45) is 7.18. The third-order valence-corrected chi connectivity index (χ3v) is 3.26. The minimum absolute atomic E-state index is 0.784. The predicted molar refractivity (Wildman–Crippen MR) is 69.6 cm³/mol. The number of rotatable bonds is 10. The van der Waals surface area contributed by atoms with Crippen molar-refractivity contribution < 1.29 is 0 Å². The molecule has 0 spiro atoms. The molecule has 0 aliphatic heterocycles. The van der Waals surface area contributed by atoms with E-state index in [1.165, 1.54) is 25.0 Å². The van der Waals surface area contributed by atoms with E-state index in [2.05, 4.69) is 18.5 Å². The number of hydrogen-bond acceptors (Lipinski definition) is 2. The van der Waals surface area contributed by atoms with E-state index < -0.39 is 0 Å². The quantitative estimate of drug-likeness (QED) is 0.462. The van der Waals surface area contributed by atoms with E-state index in [0.717, 1.165) is 31.3 Å². The Hall–Kier alpha value is 0.600. The Labute approximate surface area is 98.4 Å². The van der Waals surface area contributed by atoms with Crippen molar-refractivity contribution in [2.24, 2.45) is 5.92 Å². The second-order valence-electron chi connectivity index (χ2n) is 3.68. The zero-order valence-corrected chi connectivity index (χ0v) is 11.1. The molecule has 14 heavy (non-hydrogen) atoms. The van der Waals surface area contributed by atoms with Crippen LogP contribution in [-0.4, -0.2) is 31.0 Å². The van der Waals surface area contributed by atoms with E-state index in [1.54, 1.807) is 0 Å². The fourth-order valence-electron chi connectivity index (χ4n) is 1.56. The van der Waals surface area contributed by atoms with Crippen LogP contribution >= 0.6 is 23.4 Å². The summed E-state index contributed by atoms with van der Waals surface area (Å²) in [6.45, 7) is 4.55. The molecule has 1 nitrogen and oxygen atoms in total. The van der Waals surface area contributed by atoms with E-state index >= 15 is 0 Å². The molecular formula is C11H24ClNS. The first-order valence-corrected chi connectivity index (χ1v) is 7.53. The van der Waals surface area contributed by atoms with Crippen LogP contribution in [0.25, 0.3) is 0 Å². The lowest BCUT2D eigenvalue weighted by Gasteiger charge is -2.15. The Balaban J connectivity index is 3.30. The maximum Gasteiger partial charge on any atom is 0.0226 e. The summed E-state index contributed by atoms with van der Waals surface area (Å²) in [5.74, 6) is 2.85. The summed E-state index contributed by atoms with van der Waals surface area (Å²) in [6, 6.07) is 0. The fourth-order valence-corrected chi connectivity index (χ4v) is 2.30. The van der Waals surface area contributed by atoms with E-state index in [0.29, 0.717) is 0 Å². The van der Waals surface area contributed by atoms with Gasteiger partial charge in [0.1, 0.15) is 0 Å². The van der Waals surface area contributed by atoms with Crippen LogP contribution in [0.15, 0.2) is 0 Å². The highest BCUT2D eigenvalue weighted by Crippen LogP contribution is 2.10. The summed E-state index contributed by atoms with van der Waals surface area (Å²) in [4.78, 5) is 0. The van der Waals surface area contributed by atoms with Crippen molar-refractivity contribution in [3.63, 3.8) is 0 Å². The van der Waals surface area contributed by atoms with Crippen molar-refractivity contribution in [2.45, 2.75) is 32.6 Å². The van der Waals surface area contributed by atoms with Crippen molar-refractivity contribution in [3.05, 3.63) is 0 Å². The van der Waals surface area contributed by atoms with Crippen LogP contribution in [0.5, 0.6) is 0 Å². The van der Waals surface area contributed by atoms with Crippen molar-refractivity contribution in [2.75, 3.05) is 31.0 Å². The topological polar surface area (TPSA) is 12.0 Å². The molecule has 0 amide bonds. The first kappa shape index (κ1) is 14.6. The molecule has 0 aliphatic carbocycles. The molecule has 0 aromatic rings. The Morgan fingerprint density at radius 1 is 1.36 bits per heavy atom. The fraction of sp³-hybridized carbons (Fsp3) is 1.00. The molecular weight excluding hydrogens is 214 g/mol. The lowest BCUT2D eigenvalue weighted by Crippen LogP contribution is -2.24. The third kappa shape index (κ3) is 9.17. The van der Waals surface area contributed by atoms with Crippen molar-refractivity contribution >= 4 is 23.4 Å². The van der Waals surface area contributed by atoms with Crippen LogP contribution in [0.2, 0.25) is 0 Å². The molecule has 0 aliphatic rings. The molecule has 0 heterocycles. The highest BCUT2D eigenvalue weighted by Gasteiger charge is 2.05. The molecule has 0 rings (SSSR count). The average molecular weight is 238 g/mol. The van der Waals surface area contributed by atoms with Gasteiger partial charge in [-0.1, -0.05) is 13.3 Å². The van der Waals surface area contributed by atoms with Crippen LogP contribution in [0.4, 0.5) is 0 Å². The zero-order chi connectivity index (χ0) is 10.6. The lowest BCUT2D eigenvalue weighted by molar-refractivity contribution is 0.432. The Morgan fingerprint density at radius 3 is 2.71 bits per heavy atom. The summed E-state index contributed by atoms with van der Waals surface area (Å²) in [7, 11) is 0. The summed E-state index contributed by atoms with van der Waals surface area (Å²) < 4.78 is 0. The second-order valence-corrected chi connectivity index (χ2v) is 5.05. The van der Waals surface area contributed by atoms with Gasteiger partial charge in [-0.05, 0) is 50.3 Å². The normalized spacial score (nSPS) is 13.1. The molecule has 1 N–H and O–H groups in total. The second kappa shape index (κ2) is 11.7. The van der Waals surface area contributed by atoms with Gasteiger partial charge >= 0.3 is 0 Å². The SMILES string of the molecule is CCCC(CCCl)CNCCCSC. The minimum Gasteiger partial charge on any atom is -0.316 e. The van der Waals surface area contributed by atoms with Gasteiger partial charge in [0.15, 0.2) is 0 Å². The highest BCUT2D eigenvalue weighted by molar-refractivity contribution is 7.98. The first-order chi connectivity index (χ1) is 6.85. The monoisotopic (exact) mass is 237 g/mol. The van der Waals surface area contributed by atoms with Gasteiger partial charge in [-0.15, -0.1) is 11.6 Å². The van der Waals surface area contributed by atoms with Gasteiger partial charge in [-0.3, -0.25) is 0 Å². The number of halogens is 1. The zero-order valence-electron chi connectivity index (χ0n) is 9.52. The Kier molecular flexibility index (Phi) is 12.2. The average Bonchev–Trinajstić information content (AvgIpc) is 2.18. The molecule has 0 aromatic carbocycles. The van der Waals surface area contributed by atoms with Gasteiger partial charge in [0.2, 0.25) is 0 Å². The number of thioether (sulfide) groups is 1. The molecule has 0 saturated heterocycles. The molecule has 0 fully saturated rings. The predicted octanol–water partition coefficient (Wildman–Crippen LogP) is 3.37. The molecule has 0 aromatic heterocycles. The molecule has 86 valence electrons. The van der Waals surface area contributed by atoms with Crippen LogP contribution in [0, 0.1) is 5.92 Å². The number of alkyl halides is 1. The van der Waals surface area contributed by atoms with Crippen molar-refractivity contribution in [1.82, 2.24) is 5.32 Å². The van der Waals surface area contributed by atoms with Crippen LogP contribution in [-0.2, 0) is 0 Å². The molecule has 1 unspecified atom stereocenters. The molecule has 0 bridgehead atoms. The van der Waals surface area contributed by atoms with E-state index in [-0.39, 0.29) is 0 Å². The Morgan fingerprint density at radius 2 is 2.14 bits per heavy atom. The van der Waals surface area contributed by atoms with E-state index in [4.69, 9.17) is 11.6 Å². The summed E-state index contributed by atoms with van der Waals surface area (Å²) in [5.41, 5.74) is 0. The molecule has 3 heteroatoms. The van der Waals surface area contributed by atoms with Gasteiger partial charge in [-0.25, -0.2) is 0 Å². The van der Waals surface area contributed by atoms with E-state index in [1.807, 2.05) is 11.8 Å². The highest BCUT2D eigenvalue weighted by atomic mass is 35.5. The van der Waals surface area contributed by atoms with Gasteiger partial charge < -0.3 is 5.32 Å². The van der Waals surface area contributed by atoms with Crippen LogP contribution < -0.4 is 5.32 Å². The largest absolute Gasteiger partial charge is 0.316 e. The van der Waals surface area contributed by atoms with Gasteiger partial charge in [0.25, 0.3) is 0 Å². The maximum absolute atomic E-state index is 5.76. The number of nitrogens with one attached hydrogen (secondary N) is 1. The summed E-state index contributed by atoms with van der Waals surface area (Å²) in [5, 5.41) is 3.52. The smallest absolute Gasteiger partial charge is 0.0226 e. The van der Waals surface area contributed by atoms with Gasteiger partial charge in [-0.2, -0.15) is 11.8 Å². The van der Waals surface area contributed by atoms with Gasteiger partial charge in [0, 0.05) is 5.88 Å². The molecule has 1 atom stereocenters.